The molecule has 0 atom stereocenters. The number of amides is 4. The largest absolute Gasteiger partial charge is 0.455 e. The number of rotatable bonds is 24. The van der Waals surface area contributed by atoms with Gasteiger partial charge in [0.15, 0.2) is 11.5 Å². The van der Waals surface area contributed by atoms with Crippen molar-refractivity contribution in [3.8, 4) is 23.0 Å². The van der Waals surface area contributed by atoms with E-state index < -0.39 is 0 Å². The first-order chi connectivity index (χ1) is 28.9. The molecule has 6 rings (SSSR count). The summed E-state index contributed by atoms with van der Waals surface area (Å²) in [5.74, 6) is 0.799. The van der Waals surface area contributed by atoms with Gasteiger partial charge in [-0.05, 0) is 90.8 Å². The van der Waals surface area contributed by atoms with Gasteiger partial charge in [0.1, 0.15) is 11.5 Å². The highest BCUT2D eigenvalue weighted by molar-refractivity contribution is 6.29. The molecule has 59 heavy (non-hydrogen) atoms. The summed E-state index contributed by atoms with van der Waals surface area (Å²) in [5.41, 5.74) is 5.32. The number of imide groups is 2. The lowest BCUT2D eigenvalue weighted by Crippen LogP contribution is -2.29. The molecule has 8 heteroatoms. The summed E-state index contributed by atoms with van der Waals surface area (Å²) in [6.07, 6.45) is 24.3. The summed E-state index contributed by atoms with van der Waals surface area (Å²) in [6.45, 7) is 4.47. The molecule has 4 aromatic rings. The van der Waals surface area contributed by atoms with Crippen molar-refractivity contribution in [1.29, 1.82) is 0 Å². The maximum atomic E-state index is 12.6. The first-order valence-electron chi connectivity index (χ1n) is 21.8. The Morgan fingerprint density at radius 2 is 0.763 bits per heavy atom. The monoisotopic (exact) mass is 794 g/mol. The van der Waals surface area contributed by atoms with Gasteiger partial charge in [-0.2, -0.15) is 0 Å². The molecule has 0 N–H and O–H groups in total. The number of ether oxygens (including phenoxy) is 2. The van der Waals surface area contributed by atoms with E-state index in [2.05, 4.69) is 38.1 Å². The van der Waals surface area contributed by atoms with Crippen LogP contribution in [0.4, 0.5) is 11.4 Å². The highest BCUT2D eigenvalue weighted by atomic mass is 16.5. The Morgan fingerprint density at radius 1 is 0.407 bits per heavy atom. The highest BCUT2D eigenvalue weighted by Gasteiger charge is 2.29. The Morgan fingerprint density at radius 3 is 1.15 bits per heavy atom. The van der Waals surface area contributed by atoms with Crippen molar-refractivity contribution in [2.75, 3.05) is 9.80 Å². The van der Waals surface area contributed by atoms with E-state index in [1.807, 2.05) is 24.3 Å². The third kappa shape index (κ3) is 11.7. The molecule has 4 aromatic carbocycles. The van der Waals surface area contributed by atoms with Crippen LogP contribution in [0.5, 0.6) is 23.0 Å². The number of aryl methyl sites for hydroxylation is 2. The predicted molar refractivity (Wildman–Crippen MR) is 235 cm³/mol. The van der Waals surface area contributed by atoms with Gasteiger partial charge in [-0.15, -0.1) is 0 Å². The fraction of sp³-hybridized carbons (Fsp3) is 0.373. The molecule has 0 spiro atoms. The SMILES string of the molecule is CCCCCCCCCc1cc(Cc2ccc(Oc3ccccc3N3C(=O)C=CC3=O)c(CCCCCCCCC)c2)ccc1Oc1ccccc1N1C(=O)C=CC1=O. The van der Waals surface area contributed by atoms with E-state index in [0.717, 1.165) is 70.6 Å². The second kappa shape index (κ2) is 21.8. The summed E-state index contributed by atoms with van der Waals surface area (Å²) >= 11 is 0. The normalized spacial score (nSPS) is 13.7. The molecule has 8 nitrogen and oxygen atoms in total. The van der Waals surface area contributed by atoms with E-state index in [1.165, 1.54) is 88.5 Å². The van der Waals surface area contributed by atoms with Crippen LogP contribution in [-0.4, -0.2) is 23.6 Å². The molecule has 0 saturated carbocycles. The molecule has 2 heterocycles. The van der Waals surface area contributed by atoms with Crippen LogP contribution in [0.15, 0.2) is 109 Å². The molecule has 2 aliphatic heterocycles. The number of unbranched alkanes of at least 4 members (excludes halogenated alkanes) is 12. The van der Waals surface area contributed by atoms with Crippen molar-refractivity contribution in [1.82, 2.24) is 0 Å². The van der Waals surface area contributed by atoms with Crippen molar-refractivity contribution in [3.05, 3.63) is 131 Å². The first-order valence-corrected chi connectivity index (χ1v) is 21.8. The molecule has 4 amide bonds. The summed E-state index contributed by atoms with van der Waals surface area (Å²) in [7, 11) is 0. The summed E-state index contributed by atoms with van der Waals surface area (Å²) in [4.78, 5) is 52.8. The van der Waals surface area contributed by atoms with Crippen molar-refractivity contribution in [3.63, 3.8) is 0 Å². The number of para-hydroxylation sites is 4. The maximum Gasteiger partial charge on any atom is 0.258 e. The van der Waals surface area contributed by atoms with Crippen LogP contribution in [0.3, 0.4) is 0 Å². The summed E-state index contributed by atoms with van der Waals surface area (Å²) in [6, 6.07) is 27.0. The zero-order valence-corrected chi connectivity index (χ0v) is 34.8. The fourth-order valence-corrected chi connectivity index (χ4v) is 7.82. The van der Waals surface area contributed by atoms with E-state index in [-0.39, 0.29) is 23.6 Å². The van der Waals surface area contributed by atoms with Crippen LogP contribution in [0.1, 0.15) is 126 Å². The third-order valence-corrected chi connectivity index (χ3v) is 11.0. The minimum atomic E-state index is -0.384. The van der Waals surface area contributed by atoms with E-state index in [1.54, 1.807) is 36.4 Å². The third-order valence-electron chi connectivity index (χ3n) is 11.0. The first kappa shape index (κ1) is 42.8. The molecular weight excluding hydrogens is 737 g/mol. The average Bonchev–Trinajstić information content (AvgIpc) is 3.76. The molecule has 0 unspecified atom stereocenters. The maximum absolute atomic E-state index is 12.6. The molecule has 0 aliphatic carbocycles. The summed E-state index contributed by atoms with van der Waals surface area (Å²) in [5, 5.41) is 0. The van der Waals surface area contributed by atoms with Crippen molar-refractivity contribution < 1.29 is 28.7 Å². The molecule has 0 bridgehead atoms. The average molecular weight is 795 g/mol. The van der Waals surface area contributed by atoms with Crippen molar-refractivity contribution in [2.24, 2.45) is 0 Å². The number of anilines is 2. The number of nitrogens with zero attached hydrogens (tertiary/aromatic N) is 2. The second-order valence-corrected chi connectivity index (χ2v) is 15.6. The van der Waals surface area contributed by atoms with Crippen LogP contribution >= 0.6 is 0 Å². The quantitative estimate of drug-likeness (QED) is 0.0518. The lowest BCUT2D eigenvalue weighted by Gasteiger charge is -2.20. The van der Waals surface area contributed by atoms with Crippen LogP contribution in [0.2, 0.25) is 0 Å². The van der Waals surface area contributed by atoms with Gasteiger partial charge in [0.25, 0.3) is 23.6 Å². The van der Waals surface area contributed by atoms with Gasteiger partial charge in [-0.3, -0.25) is 19.2 Å². The standard InChI is InChI=1S/C51H58N2O6/c1-3-5-7-9-11-13-15-21-40-36-38(27-29-44(40)58-46-25-19-17-23-42(46)52-48(54)31-32-49(52)55)35-39-28-30-45(41(37-39)22-16-14-12-10-8-6-4-2)59-47-26-20-18-24-43(47)53-50(56)33-34-51(53)57/h17-20,23-34,36-37H,3-16,21-22,35H2,1-2H3. The second-order valence-electron chi connectivity index (χ2n) is 15.6. The van der Waals surface area contributed by atoms with Crippen LogP contribution < -0.4 is 19.3 Å². The minimum Gasteiger partial charge on any atom is -0.455 e. The number of benzene rings is 4. The van der Waals surface area contributed by atoms with E-state index in [9.17, 15) is 19.2 Å². The minimum absolute atomic E-state index is 0.384. The number of carbonyl (C=O) groups excluding carboxylic acids is 4. The van der Waals surface area contributed by atoms with E-state index in [0.29, 0.717) is 40.8 Å². The molecule has 0 saturated heterocycles. The molecule has 0 aromatic heterocycles. The number of hydrogen-bond acceptors (Lipinski definition) is 6. The van der Waals surface area contributed by atoms with Gasteiger partial charge in [0.2, 0.25) is 0 Å². The number of hydrogen-bond donors (Lipinski definition) is 0. The molecule has 2 aliphatic rings. The lowest BCUT2D eigenvalue weighted by atomic mass is 9.96. The fourth-order valence-electron chi connectivity index (χ4n) is 7.82. The Hall–Kier alpha value is -5.76. The Labute approximate surface area is 349 Å². The molecule has 0 radical (unpaired) electrons. The molecule has 308 valence electrons. The van der Waals surface area contributed by atoms with Gasteiger partial charge < -0.3 is 9.47 Å². The van der Waals surface area contributed by atoms with Gasteiger partial charge in [0.05, 0.1) is 11.4 Å². The highest BCUT2D eigenvalue weighted by Crippen LogP contribution is 2.38. The molecule has 0 fully saturated rings. The predicted octanol–water partition coefficient (Wildman–Crippen LogP) is 12.3. The Kier molecular flexibility index (Phi) is 15.9. The summed E-state index contributed by atoms with van der Waals surface area (Å²) < 4.78 is 13.1. The topological polar surface area (TPSA) is 93.2 Å². The van der Waals surface area contributed by atoms with Crippen LogP contribution in [0, 0.1) is 0 Å². The van der Waals surface area contributed by atoms with Gasteiger partial charge in [-0.1, -0.05) is 139 Å². The zero-order valence-electron chi connectivity index (χ0n) is 34.8. The molecular formula is C51H58N2O6. The van der Waals surface area contributed by atoms with Gasteiger partial charge >= 0.3 is 0 Å². The van der Waals surface area contributed by atoms with Gasteiger partial charge in [0, 0.05) is 24.3 Å². The smallest absolute Gasteiger partial charge is 0.258 e. The van der Waals surface area contributed by atoms with Gasteiger partial charge in [-0.25, -0.2) is 9.80 Å². The Bertz CT molecular complexity index is 1960. The lowest BCUT2D eigenvalue weighted by molar-refractivity contribution is -0.121. The Balaban J connectivity index is 1.24. The van der Waals surface area contributed by atoms with Crippen molar-refractivity contribution in [2.45, 2.75) is 123 Å². The zero-order chi connectivity index (χ0) is 41.4. The number of carbonyl (C=O) groups is 4. The van der Waals surface area contributed by atoms with E-state index in [4.69, 9.17) is 9.47 Å². The van der Waals surface area contributed by atoms with Crippen LogP contribution in [0.25, 0.3) is 0 Å². The van der Waals surface area contributed by atoms with Crippen molar-refractivity contribution >= 4 is 35.0 Å². The van der Waals surface area contributed by atoms with Crippen LogP contribution in [-0.2, 0) is 38.4 Å². The van der Waals surface area contributed by atoms with E-state index >= 15 is 0 Å².